The number of aromatic nitrogens is 3. The highest BCUT2D eigenvalue weighted by molar-refractivity contribution is 6.02. The van der Waals surface area contributed by atoms with Crippen LogP contribution in [0.25, 0.3) is 11.0 Å². The smallest absolute Gasteiger partial charge is 0.336 e. The van der Waals surface area contributed by atoms with Crippen molar-refractivity contribution in [3.05, 3.63) is 23.0 Å². The number of hydrogen-bond donors (Lipinski definition) is 1. The Hall–Kier alpha value is -1.91. The van der Waals surface area contributed by atoms with E-state index in [1.165, 1.54) is 0 Å². The first kappa shape index (κ1) is 11.6. The third-order valence-electron chi connectivity index (χ3n) is 2.76. The molecule has 17 heavy (non-hydrogen) atoms. The van der Waals surface area contributed by atoms with E-state index in [2.05, 4.69) is 10.1 Å². The van der Waals surface area contributed by atoms with Crippen LogP contribution in [0.3, 0.4) is 0 Å². The zero-order chi connectivity index (χ0) is 12.6. The molecule has 0 saturated carbocycles. The fourth-order valence-electron chi connectivity index (χ4n) is 2.05. The highest BCUT2D eigenvalue weighted by Crippen LogP contribution is 2.22. The lowest BCUT2D eigenvalue weighted by Crippen LogP contribution is -2.03. The van der Waals surface area contributed by atoms with E-state index in [1.807, 2.05) is 6.92 Å². The third-order valence-corrected chi connectivity index (χ3v) is 2.76. The number of carbonyl (C=O) groups is 1. The second-order valence-electron chi connectivity index (χ2n) is 4.12. The maximum atomic E-state index is 11.3. The molecule has 2 rings (SSSR count). The minimum absolute atomic E-state index is 0.295. The van der Waals surface area contributed by atoms with Crippen LogP contribution in [0, 0.1) is 6.92 Å². The molecule has 1 N–H and O–H groups in total. The number of pyridine rings is 1. The Morgan fingerprint density at radius 2 is 2.24 bits per heavy atom. The fourth-order valence-corrected chi connectivity index (χ4v) is 2.05. The minimum atomic E-state index is -0.925. The summed E-state index contributed by atoms with van der Waals surface area (Å²) in [4.78, 5) is 15.7. The summed E-state index contributed by atoms with van der Waals surface area (Å²) in [7, 11) is 1.78. The van der Waals surface area contributed by atoms with E-state index in [0.29, 0.717) is 22.3 Å². The van der Waals surface area contributed by atoms with E-state index in [4.69, 9.17) is 0 Å². The van der Waals surface area contributed by atoms with Crippen LogP contribution in [0.5, 0.6) is 0 Å². The van der Waals surface area contributed by atoms with Crippen molar-refractivity contribution in [1.82, 2.24) is 14.8 Å². The molecule has 0 aromatic carbocycles. The lowest BCUT2D eigenvalue weighted by Gasteiger charge is -2.03. The molecular weight excluding hydrogens is 218 g/mol. The summed E-state index contributed by atoms with van der Waals surface area (Å²) in [5, 5.41) is 14.1. The van der Waals surface area contributed by atoms with Gasteiger partial charge in [-0.1, -0.05) is 13.3 Å². The summed E-state index contributed by atoms with van der Waals surface area (Å²) in [6.45, 7) is 3.84. The van der Waals surface area contributed by atoms with Crippen LogP contribution in [0.2, 0.25) is 0 Å². The van der Waals surface area contributed by atoms with E-state index in [-0.39, 0.29) is 0 Å². The number of rotatable bonds is 3. The van der Waals surface area contributed by atoms with Gasteiger partial charge in [0.05, 0.1) is 16.6 Å². The van der Waals surface area contributed by atoms with E-state index in [1.54, 1.807) is 24.7 Å². The summed E-state index contributed by atoms with van der Waals surface area (Å²) in [6.07, 6.45) is 1.72. The molecule has 0 aliphatic rings. The highest BCUT2D eigenvalue weighted by atomic mass is 16.4. The molecule has 0 amide bonds. The Morgan fingerprint density at radius 1 is 1.53 bits per heavy atom. The van der Waals surface area contributed by atoms with Gasteiger partial charge < -0.3 is 5.11 Å². The summed E-state index contributed by atoms with van der Waals surface area (Å²) in [5.41, 5.74) is 2.45. The van der Waals surface area contributed by atoms with Crippen molar-refractivity contribution >= 4 is 17.0 Å². The van der Waals surface area contributed by atoms with Gasteiger partial charge in [-0.05, 0) is 19.4 Å². The van der Waals surface area contributed by atoms with Crippen molar-refractivity contribution < 1.29 is 9.90 Å². The molecule has 2 aromatic heterocycles. The summed E-state index contributed by atoms with van der Waals surface area (Å²) in [6, 6.07) is 1.66. The quantitative estimate of drug-likeness (QED) is 0.879. The van der Waals surface area contributed by atoms with Gasteiger partial charge in [0, 0.05) is 12.7 Å². The number of aryl methyl sites for hydroxylation is 3. The predicted molar refractivity (Wildman–Crippen MR) is 64.2 cm³/mol. The van der Waals surface area contributed by atoms with Crippen LogP contribution < -0.4 is 0 Å². The number of fused-ring (bicyclic) bond motifs is 1. The van der Waals surface area contributed by atoms with Crippen molar-refractivity contribution in [3.63, 3.8) is 0 Å². The number of carboxylic acids is 1. The van der Waals surface area contributed by atoms with Crippen LogP contribution in [0.15, 0.2) is 6.07 Å². The number of aromatic carboxylic acids is 1. The van der Waals surface area contributed by atoms with Crippen molar-refractivity contribution in [1.29, 1.82) is 0 Å². The van der Waals surface area contributed by atoms with Gasteiger partial charge in [0.1, 0.15) is 0 Å². The molecule has 0 aliphatic carbocycles. The maximum absolute atomic E-state index is 11.3. The average molecular weight is 233 g/mol. The van der Waals surface area contributed by atoms with Gasteiger partial charge in [-0.25, -0.2) is 9.78 Å². The summed E-state index contributed by atoms with van der Waals surface area (Å²) in [5.74, 6) is -0.925. The van der Waals surface area contributed by atoms with Crippen LogP contribution in [-0.4, -0.2) is 25.8 Å². The van der Waals surface area contributed by atoms with E-state index >= 15 is 0 Å². The minimum Gasteiger partial charge on any atom is -0.478 e. The van der Waals surface area contributed by atoms with Gasteiger partial charge >= 0.3 is 5.97 Å². The molecule has 2 aromatic rings. The van der Waals surface area contributed by atoms with Crippen LogP contribution in [0.1, 0.15) is 35.1 Å². The summed E-state index contributed by atoms with van der Waals surface area (Å²) >= 11 is 0. The predicted octanol–water partition coefficient (Wildman–Crippen LogP) is 1.93. The van der Waals surface area contributed by atoms with Crippen molar-refractivity contribution in [3.8, 4) is 0 Å². The molecule has 2 heterocycles. The molecule has 0 atom stereocenters. The molecule has 0 bridgehead atoms. The molecule has 0 fully saturated rings. The molecule has 0 spiro atoms. The lowest BCUT2D eigenvalue weighted by molar-refractivity contribution is 0.0698. The Kier molecular flexibility index (Phi) is 2.83. The molecule has 5 nitrogen and oxygen atoms in total. The van der Waals surface area contributed by atoms with Crippen molar-refractivity contribution in [2.45, 2.75) is 26.7 Å². The first-order valence-corrected chi connectivity index (χ1v) is 5.61. The fraction of sp³-hybridized carbons (Fsp3) is 0.417. The van der Waals surface area contributed by atoms with Gasteiger partial charge in [0.25, 0.3) is 0 Å². The van der Waals surface area contributed by atoms with E-state index < -0.39 is 5.97 Å². The zero-order valence-corrected chi connectivity index (χ0v) is 10.2. The van der Waals surface area contributed by atoms with Crippen molar-refractivity contribution in [2.24, 2.45) is 7.05 Å². The van der Waals surface area contributed by atoms with Crippen molar-refractivity contribution in [2.75, 3.05) is 0 Å². The maximum Gasteiger partial charge on any atom is 0.336 e. The Bertz CT molecular complexity index is 587. The average Bonchev–Trinajstić information content (AvgIpc) is 2.54. The molecule has 5 heteroatoms. The summed E-state index contributed by atoms with van der Waals surface area (Å²) < 4.78 is 1.64. The Morgan fingerprint density at radius 3 is 2.82 bits per heavy atom. The molecule has 90 valence electrons. The molecule has 0 saturated heterocycles. The van der Waals surface area contributed by atoms with E-state index in [9.17, 15) is 9.90 Å². The van der Waals surface area contributed by atoms with Crippen LogP contribution >= 0.6 is 0 Å². The number of carboxylic acid groups (broad SMARTS) is 1. The monoisotopic (exact) mass is 233 g/mol. The SMILES string of the molecule is CCCc1cc(C(=O)O)c2c(C)nn(C)c2n1. The van der Waals surface area contributed by atoms with E-state index in [0.717, 1.165) is 18.5 Å². The second-order valence-corrected chi connectivity index (χ2v) is 4.12. The molecular formula is C12H15N3O2. The molecule has 0 radical (unpaired) electrons. The Labute approximate surface area is 99.1 Å². The topological polar surface area (TPSA) is 68.0 Å². The Balaban J connectivity index is 2.78. The van der Waals surface area contributed by atoms with Gasteiger partial charge in [-0.15, -0.1) is 0 Å². The van der Waals surface area contributed by atoms with Crippen LogP contribution in [-0.2, 0) is 13.5 Å². The van der Waals surface area contributed by atoms with Gasteiger partial charge in [0.15, 0.2) is 5.65 Å². The third kappa shape index (κ3) is 1.88. The van der Waals surface area contributed by atoms with Gasteiger partial charge in [-0.2, -0.15) is 5.10 Å². The second kappa shape index (κ2) is 4.16. The van der Waals surface area contributed by atoms with Gasteiger partial charge in [0.2, 0.25) is 0 Å². The normalized spacial score (nSPS) is 11.0. The molecule has 0 unspecified atom stereocenters. The highest BCUT2D eigenvalue weighted by Gasteiger charge is 2.17. The number of hydrogen-bond acceptors (Lipinski definition) is 3. The standard InChI is InChI=1S/C12H15N3O2/c1-4-5-8-6-9(12(16)17)10-7(2)14-15(3)11(10)13-8/h6H,4-5H2,1-3H3,(H,16,17). The first-order valence-electron chi connectivity index (χ1n) is 5.61. The lowest BCUT2D eigenvalue weighted by atomic mass is 10.1. The zero-order valence-electron chi connectivity index (χ0n) is 10.2. The van der Waals surface area contributed by atoms with Crippen LogP contribution in [0.4, 0.5) is 0 Å². The molecule has 0 aliphatic heterocycles. The largest absolute Gasteiger partial charge is 0.478 e. The number of nitrogens with zero attached hydrogens (tertiary/aromatic N) is 3. The first-order chi connectivity index (χ1) is 8.04. The van der Waals surface area contributed by atoms with Gasteiger partial charge in [-0.3, -0.25) is 4.68 Å².